The predicted molar refractivity (Wildman–Crippen MR) is 240 cm³/mol. The zero-order valence-corrected chi connectivity index (χ0v) is 32.1. The number of fused-ring (bicyclic) bond motifs is 17. The smallest absolute Gasteiger partial charge is 0.333 e. The summed E-state index contributed by atoms with van der Waals surface area (Å²) >= 11 is 0. The molecule has 4 aromatic heterocycles. The monoisotopic (exact) mass is 744 g/mol. The normalized spacial score (nSPS) is 13.7. The van der Waals surface area contributed by atoms with Crippen molar-refractivity contribution in [1.82, 2.24) is 4.57 Å². The van der Waals surface area contributed by atoms with Gasteiger partial charge in [-0.2, -0.15) is 0 Å². The lowest BCUT2D eigenvalue weighted by atomic mass is 9.44. The summed E-state index contributed by atoms with van der Waals surface area (Å²) in [5.74, 6) is 0. The SMILES string of the molecule is CC(C)(C)c1ccc(N2B3c4cc5c(cc4-n4c6cc7oc8ccccc8c7cc6c6ccc(c3c64)-c3cc4c(cc32)oc2ccccc24)oc2ccccc25)cc1. The Bertz CT molecular complexity index is 3800. The Balaban J connectivity index is 1.17. The van der Waals surface area contributed by atoms with Crippen molar-refractivity contribution in [3.8, 4) is 16.8 Å². The quantitative estimate of drug-likeness (QED) is 0.157. The van der Waals surface area contributed by atoms with Crippen LogP contribution in [0.2, 0.25) is 0 Å². The van der Waals surface area contributed by atoms with Gasteiger partial charge in [-0.15, -0.1) is 0 Å². The van der Waals surface area contributed by atoms with Crippen LogP contribution in [-0.4, -0.2) is 11.4 Å². The highest BCUT2D eigenvalue weighted by atomic mass is 16.3. The molecule has 14 rings (SSSR count). The molecule has 0 amide bonds. The third-order valence-corrected chi connectivity index (χ3v) is 13.1. The van der Waals surface area contributed by atoms with E-state index in [1.807, 2.05) is 18.2 Å². The van der Waals surface area contributed by atoms with E-state index in [1.165, 1.54) is 43.9 Å². The molecular formula is C52H33BN2O3. The van der Waals surface area contributed by atoms with Gasteiger partial charge in [0, 0.05) is 83.9 Å². The molecule has 272 valence electrons. The van der Waals surface area contributed by atoms with E-state index in [0.717, 1.165) is 88.4 Å². The summed E-state index contributed by atoms with van der Waals surface area (Å²) in [6, 6.07) is 53.0. The number of hydrogen-bond donors (Lipinski definition) is 0. The van der Waals surface area contributed by atoms with Crippen molar-refractivity contribution in [2.45, 2.75) is 26.2 Å². The molecule has 58 heavy (non-hydrogen) atoms. The third kappa shape index (κ3) is 3.83. The number of anilines is 2. The molecule has 2 aliphatic rings. The minimum Gasteiger partial charge on any atom is -0.456 e. The molecule has 0 unspecified atom stereocenters. The molecule has 0 atom stereocenters. The van der Waals surface area contributed by atoms with Gasteiger partial charge in [0.1, 0.15) is 33.5 Å². The van der Waals surface area contributed by atoms with Gasteiger partial charge < -0.3 is 22.6 Å². The van der Waals surface area contributed by atoms with E-state index in [4.69, 9.17) is 13.3 Å². The number of para-hydroxylation sites is 3. The zero-order chi connectivity index (χ0) is 38.2. The van der Waals surface area contributed by atoms with Crippen LogP contribution in [0.25, 0.3) is 104 Å². The lowest BCUT2D eigenvalue weighted by Crippen LogP contribution is -2.60. The number of hydrogen-bond acceptors (Lipinski definition) is 4. The van der Waals surface area contributed by atoms with Crippen LogP contribution in [-0.2, 0) is 5.41 Å². The average molecular weight is 745 g/mol. The molecule has 12 aromatic rings. The topological polar surface area (TPSA) is 47.6 Å². The van der Waals surface area contributed by atoms with Crippen molar-refractivity contribution < 1.29 is 13.3 Å². The van der Waals surface area contributed by atoms with E-state index < -0.39 is 0 Å². The average Bonchev–Trinajstić information content (AvgIpc) is 3.99. The van der Waals surface area contributed by atoms with Gasteiger partial charge in [-0.25, -0.2) is 0 Å². The van der Waals surface area contributed by atoms with Crippen LogP contribution < -0.4 is 15.7 Å². The van der Waals surface area contributed by atoms with Gasteiger partial charge in [-0.05, 0) is 69.9 Å². The minimum atomic E-state index is -0.151. The lowest BCUT2D eigenvalue weighted by Gasteiger charge is -2.42. The molecule has 0 N–H and O–H groups in total. The highest BCUT2D eigenvalue weighted by molar-refractivity contribution is 6.94. The molecule has 0 bridgehead atoms. The molecule has 0 aliphatic carbocycles. The van der Waals surface area contributed by atoms with Crippen LogP contribution in [0.5, 0.6) is 0 Å². The molecule has 0 spiro atoms. The Morgan fingerprint density at radius 2 is 1.02 bits per heavy atom. The second kappa shape index (κ2) is 10.4. The van der Waals surface area contributed by atoms with Crippen LogP contribution in [0.1, 0.15) is 26.3 Å². The Labute approximate surface area is 332 Å². The highest BCUT2D eigenvalue weighted by Crippen LogP contribution is 2.49. The van der Waals surface area contributed by atoms with Crippen LogP contribution in [0.15, 0.2) is 159 Å². The number of aromatic nitrogens is 1. The maximum absolute atomic E-state index is 6.64. The fourth-order valence-electron chi connectivity index (χ4n) is 10.4. The molecule has 2 aliphatic heterocycles. The van der Waals surface area contributed by atoms with E-state index in [0.29, 0.717) is 0 Å². The molecule has 0 fully saturated rings. The summed E-state index contributed by atoms with van der Waals surface area (Å²) in [4.78, 5) is 2.57. The molecule has 8 aromatic carbocycles. The summed E-state index contributed by atoms with van der Waals surface area (Å²) in [5, 5.41) is 9.17. The van der Waals surface area contributed by atoms with Gasteiger partial charge in [0.2, 0.25) is 0 Å². The Kier molecular flexibility index (Phi) is 5.56. The molecule has 5 nitrogen and oxygen atoms in total. The van der Waals surface area contributed by atoms with Crippen molar-refractivity contribution in [2.75, 3.05) is 4.81 Å². The van der Waals surface area contributed by atoms with E-state index in [2.05, 4.69) is 158 Å². The first kappa shape index (κ1) is 31.0. The van der Waals surface area contributed by atoms with E-state index in [9.17, 15) is 0 Å². The van der Waals surface area contributed by atoms with E-state index in [-0.39, 0.29) is 12.3 Å². The molecule has 0 radical (unpaired) electrons. The maximum atomic E-state index is 6.64. The Morgan fingerprint density at radius 3 is 1.66 bits per heavy atom. The molecule has 0 saturated carbocycles. The molecule has 6 heteroatoms. The van der Waals surface area contributed by atoms with Gasteiger partial charge in [-0.1, -0.05) is 106 Å². The Hall–Kier alpha value is -7.18. The predicted octanol–water partition coefficient (Wildman–Crippen LogP) is 13.0. The zero-order valence-electron chi connectivity index (χ0n) is 32.1. The van der Waals surface area contributed by atoms with Gasteiger partial charge >= 0.3 is 6.85 Å². The molecular weight excluding hydrogens is 711 g/mol. The number of benzene rings is 8. The van der Waals surface area contributed by atoms with Crippen molar-refractivity contribution in [2.24, 2.45) is 0 Å². The van der Waals surface area contributed by atoms with Crippen molar-refractivity contribution in [1.29, 1.82) is 0 Å². The van der Waals surface area contributed by atoms with Crippen LogP contribution in [0.3, 0.4) is 0 Å². The van der Waals surface area contributed by atoms with Gasteiger partial charge in [0.25, 0.3) is 0 Å². The van der Waals surface area contributed by atoms with Crippen molar-refractivity contribution in [3.05, 3.63) is 151 Å². The number of nitrogens with zero attached hydrogens (tertiary/aromatic N) is 2. The fraction of sp³-hybridized carbons (Fsp3) is 0.0769. The van der Waals surface area contributed by atoms with Crippen molar-refractivity contribution >= 4 is 117 Å². The second-order valence-corrected chi connectivity index (χ2v) is 17.3. The largest absolute Gasteiger partial charge is 0.456 e. The maximum Gasteiger partial charge on any atom is 0.333 e. The summed E-state index contributed by atoms with van der Waals surface area (Å²) in [6.07, 6.45) is 0. The van der Waals surface area contributed by atoms with Gasteiger partial charge in [0.05, 0.1) is 11.0 Å². The number of rotatable bonds is 1. The summed E-state index contributed by atoms with van der Waals surface area (Å²) in [5.41, 5.74) is 17.3. The third-order valence-electron chi connectivity index (χ3n) is 13.1. The molecule has 0 saturated heterocycles. The van der Waals surface area contributed by atoms with Crippen LogP contribution in [0, 0.1) is 0 Å². The van der Waals surface area contributed by atoms with E-state index in [1.54, 1.807) is 0 Å². The van der Waals surface area contributed by atoms with Crippen LogP contribution >= 0.6 is 0 Å². The highest BCUT2D eigenvalue weighted by Gasteiger charge is 2.45. The first-order chi connectivity index (χ1) is 28.4. The summed E-state index contributed by atoms with van der Waals surface area (Å²) in [7, 11) is 0. The van der Waals surface area contributed by atoms with Gasteiger partial charge in [0.15, 0.2) is 0 Å². The Morgan fingerprint density at radius 1 is 0.448 bits per heavy atom. The van der Waals surface area contributed by atoms with Crippen LogP contribution in [0.4, 0.5) is 11.4 Å². The first-order valence-electron chi connectivity index (χ1n) is 20.1. The van der Waals surface area contributed by atoms with Gasteiger partial charge in [-0.3, -0.25) is 0 Å². The standard InChI is InChI=1S/C52H33BN2O3/c1-52(2,3)28-16-18-29(19-17-28)55-42-26-48-37(30-10-4-8-14-45(30)57-48)22-35(42)33-20-21-34-36-23-38-31-11-5-7-13-44(31)56-47(38)25-41(36)54-43-27-49-39(32-12-6-9-15-46(32)58-49)24-40(43)53(55)50(33)51(34)54/h4-27H,1-3H3. The van der Waals surface area contributed by atoms with E-state index >= 15 is 0 Å². The lowest BCUT2D eigenvalue weighted by molar-refractivity contribution is 0.590. The minimum absolute atomic E-state index is 0.0222. The summed E-state index contributed by atoms with van der Waals surface area (Å²) < 4.78 is 22.3. The molecule has 6 heterocycles. The number of furan rings is 3. The second-order valence-electron chi connectivity index (χ2n) is 17.3. The summed E-state index contributed by atoms with van der Waals surface area (Å²) in [6.45, 7) is 6.68. The van der Waals surface area contributed by atoms with Crippen molar-refractivity contribution in [3.63, 3.8) is 0 Å². The fourth-order valence-corrected chi connectivity index (χ4v) is 10.4. The first-order valence-corrected chi connectivity index (χ1v) is 20.1.